The molecular weight excluding hydrogens is 218 g/mol. The smallest absolute Gasteiger partial charge is 0.127 e. The summed E-state index contributed by atoms with van der Waals surface area (Å²) >= 11 is 1.41. The zero-order chi connectivity index (χ0) is 11.5. The van der Waals surface area contributed by atoms with Crippen molar-refractivity contribution in [1.29, 1.82) is 5.26 Å². The van der Waals surface area contributed by atoms with Crippen molar-refractivity contribution in [2.75, 3.05) is 5.32 Å². The average Bonchev–Trinajstić information content (AvgIpc) is 2.63. The summed E-state index contributed by atoms with van der Waals surface area (Å²) in [5, 5.41) is 13.5. The lowest BCUT2D eigenvalue weighted by Gasteiger charge is -2.29. The Labute approximate surface area is 101 Å². The third kappa shape index (κ3) is 2.19. The predicted octanol–water partition coefficient (Wildman–Crippen LogP) is 3.31. The van der Waals surface area contributed by atoms with Crippen LogP contribution in [0.15, 0.2) is 0 Å². The van der Waals surface area contributed by atoms with Gasteiger partial charge in [0.05, 0.1) is 5.69 Å². The van der Waals surface area contributed by atoms with E-state index in [1.807, 2.05) is 6.92 Å². The maximum Gasteiger partial charge on any atom is 0.127 e. The molecule has 0 bridgehead atoms. The molecule has 4 heteroatoms. The van der Waals surface area contributed by atoms with E-state index in [1.165, 1.54) is 37.2 Å². The molecule has 3 nitrogen and oxygen atoms in total. The van der Waals surface area contributed by atoms with Crippen LogP contribution in [0.1, 0.15) is 43.9 Å². The van der Waals surface area contributed by atoms with Crippen molar-refractivity contribution >= 4 is 16.5 Å². The molecule has 0 spiro atoms. The van der Waals surface area contributed by atoms with Crippen LogP contribution in [0.5, 0.6) is 0 Å². The Morgan fingerprint density at radius 1 is 1.44 bits per heavy atom. The second-order valence-electron chi connectivity index (χ2n) is 4.60. The molecule has 86 valence electrons. The molecule has 1 N–H and O–H groups in total. The molecule has 0 saturated heterocycles. The lowest BCUT2D eigenvalue weighted by Crippen LogP contribution is -2.30. The number of hydrogen-bond acceptors (Lipinski definition) is 4. The van der Waals surface area contributed by atoms with Gasteiger partial charge in [0, 0.05) is 6.04 Å². The number of aryl methyl sites for hydroxylation is 1. The number of anilines is 1. The molecule has 1 aliphatic rings. The fourth-order valence-electron chi connectivity index (χ4n) is 2.30. The Kier molecular flexibility index (Phi) is 3.45. The van der Waals surface area contributed by atoms with E-state index in [4.69, 9.17) is 5.26 Å². The van der Waals surface area contributed by atoms with Crippen LogP contribution in [0.2, 0.25) is 0 Å². The molecule has 0 radical (unpaired) electrons. The fourth-order valence-corrected chi connectivity index (χ4v) is 3.11. The summed E-state index contributed by atoms with van der Waals surface area (Å²) in [5.74, 6) is 0.697. The van der Waals surface area contributed by atoms with Gasteiger partial charge in [-0.15, -0.1) is 0 Å². The van der Waals surface area contributed by atoms with Gasteiger partial charge in [-0.05, 0) is 37.2 Å². The van der Waals surface area contributed by atoms with Gasteiger partial charge in [0.2, 0.25) is 0 Å². The summed E-state index contributed by atoms with van der Waals surface area (Å²) < 4.78 is 4.23. The average molecular weight is 235 g/mol. The van der Waals surface area contributed by atoms with E-state index in [0.717, 1.165) is 16.3 Å². The van der Waals surface area contributed by atoms with E-state index < -0.39 is 0 Å². The predicted molar refractivity (Wildman–Crippen MR) is 66.6 cm³/mol. The Balaban J connectivity index is 2.11. The van der Waals surface area contributed by atoms with Crippen LogP contribution in [0.25, 0.3) is 0 Å². The van der Waals surface area contributed by atoms with E-state index in [2.05, 4.69) is 22.7 Å². The van der Waals surface area contributed by atoms with E-state index in [-0.39, 0.29) is 0 Å². The zero-order valence-corrected chi connectivity index (χ0v) is 10.6. The maximum absolute atomic E-state index is 9.06. The summed E-state index contributed by atoms with van der Waals surface area (Å²) in [4.78, 5) is 0. The summed E-state index contributed by atoms with van der Waals surface area (Å²) in [6.07, 6.45) is 5.13. The van der Waals surface area contributed by atoms with Crippen LogP contribution < -0.4 is 5.32 Å². The molecule has 2 unspecified atom stereocenters. The fraction of sp³-hybridized carbons (Fsp3) is 0.667. The first kappa shape index (κ1) is 11.4. The third-order valence-electron chi connectivity index (χ3n) is 3.40. The van der Waals surface area contributed by atoms with Crippen LogP contribution in [-0.2, 0) is 0 Å². The molecule has 1 aromatic heterocycles. The van der Waals surface area contributed by atoms with Gasteiger partial charge in [-0.2, -0.15) is 9.64 Å². The van der Waals surface area contributed by atoms with Crippen LogP contribution in [0.3, 0.4) is 0 Å². The summed E-state index contributed by atoms with van der Waals surface area (Å²) in [7, 11) is 0. The minimum Gasteiger partial charge on any atom is -0.372 e. The van der Waals surface area contributed by atoms with E-state index in [0.29, 0.717) is 12.0 Å². The van der Waals surface area contributed by atoms with E-state index in [1.54, 1.807) is 0 Å². The summed E-state index contributed by atoms with van der Waals surface area (Å²) in [5.41, 5.74) is 1.57. The zero-order valence-electron chi connectivity index (χ0n) is 9.79. The van der Waals surface area contributed by atoms with Crippen molar-refractivity contribution in [2.45, 2.75) is 45.6 Å². The molecule has 1 fully saturated rings. The van der Waals surface area contributed by atoms with Gasteiger partial charge in [-0.25, -0.2) is 0 Å². The second-order valence-corrected chi connectivity index (χ2v) is 5.37. The van der Waals surface area contributed by atoms with Gasteiger partial charge in [0.15, 0.2) is 0 Å². The van der Waals surface area contributed by atoms with Crippen molar-refractivity contribution in [3.63, 3.8) is 0 Å². The van der Waals surface area contributed by atoms with Crippen molar-refractivity contribution in [2.24, 2.45) is 5.92 Å². The normalized spacial score (nSPS) is 25.1. The Hall–Kier alpha value is -1.08. The first-order valence-electron chi connectivity index (χ1n) is 5.85. The van der Waals surface area contributed by atoms with Gasteiger partial charge >= 0.3 is 0 Å². The molecule has 0 aliphatic heterocycles. The SMILES string of the molecule is Cc1nsc(NC2CCCCC2C)c1C#N. The Bertz CT molecular complexity index is 405. The Morgan fingerprint density at radius 3 is 2.88 bits per heavy atom. The third-order valence-corrected chi connectivity index (χ3v) is 4.27. The van der Waals surface area contributed by atoms with E-state index >= 15 is 0 Å². The van der Waals surface area contributed by atoms with Crippen LogP contribution >= 0.6 is 11.5 Å². The van der Waals surface area contributed by atoms with Crippen molar-refractivity contribution < 1.29 is 0 Å². The number of nitriles is 1. The van der Waals surface area contributed by atoms with Gasteiger partial charge in [-0.3, -0.25) is 0 Å². The summed E-state index contributed by atoms with van der Waals surface area (Å²) in [6.45, 7) is 4.18. The van der Waals surface area contributed by atoms with Gasteiger partial charge in [0.25, 0.3) is 0 Å². The highest BCUT2D eigenvalue weighted by molar-refractivity contribution is 7.10. The largest absolute Gasteiger partial charge is 0.372 e. The first-order chi connectivity index (χ1) is 7.72. The highest BCUT2D eigenvalue weighted by Crippen LogP contribution is 2.30. The van der Waals surface area contributed by atoms with E-state index in [9.17, 15) is 0 Å². The molecule has 16 heavy (non-hydrogen) atoms. The van der Waals surface area contributed by atoms with Gasteiger partial charge in [0.1, 0.15) is 16.6 Å². The lowest BCUT2D eigenvalue weighted by atomic mass is 9.86. The molecule has 0 aromatic carbocycles. The molecular formula is C12H17N3S. The molecule has 2 atom stereocenters. The number of hydrogen-bond donors (Lipinski definition) is 1. The number of nitrogens with one attached hydrogen (secondary N) is 1. The topological polar surface area (TPSA) is 48.7 Å². The molecule has 1 aromatic rings. The van der Waals surface area contributed by atoms with Crippen LogP contribution in [0, 0.1) is 24.2 Å². The van der Waals surface area contributed by atoms with Crippen molar-refractivity contribution in [1.82, 2.24) is 4.37 Å². The van der Waals surface area contributed by atoms with Crippen molar-refractivity contribution in [3.8, 4) is 6.07 Å². The highest BCUT2D eigenvalue weighted by atomic mass is 32.1. The Morgan fingerprint density at radius 2 is 2.19 bits per heavy atom. The second kappa shape index (κ2) is 4.84. The molecule has 1 aliphatic carbocycles. The van der Waals surface area contributed by atoms with Crippen LogP contribution in [0.4, 0.5) is 5.00 Å². The standard InChI is InChI=1S/C12H17N3S/c1-8-5-3-4-6-11(8)14-12-10(7-13)9(2)15-16-12/h8,11,14H,3-6H2,1-2H3. The number of rotatable bonds is 2. The van der Waals surface area contributed by atoms with Crippen LogP contribution in [-0.4, -0.2) is 10.4 Å². The minimum absolute atomic E-state index is 0.515. The molecule has 1 saturated carbocycles. The lowest BCUT2D eigenvalue weighted by molar-refractivity contribution is 0.350. The van der Waals surface area contributed by atoms with Gasteiger partial charge in [-0.1, -0.05) is 19.8 Å². The van der Waals surface area contributed by atoms with Crippen molar-refractivity contribution in [3.05, 3.63) is 11.3 Å². The number of nitrogens with zero attached hydrogens (tertiary/aromatic N) is 2. The minimum atomic E-state index is 0.515. The monoisotopic (exact) mass is 235 g/mol. The quantitative estimate of drug-likeness (QED) is 0.855. The molecule has 0 amide bonds. The van der Waals surface area contributed by atoms with Gasteiger partial charge < -0.3 is 5.32 Å². The highest BCUT2D eigenvalue weighted by Gasteiger charge is 2.23. The number of aromatic nitrogens is 1. The molecule has 2 rings (SSSR count). The maximum atomic E-state index is 9.06. The first-order valence-corrected chi connectivity index (χ1v) is 6.62. The molecule has 1 heterocycles. The summed E-state index contributed by atoms with van der Waals surface area (Å²) in [6, 6.07) is 2.75.